The number of amides is 1. The van der Waals surface area contributed by atoms with Gasteiger partial charge in [-0.2, -0.15) is 0 Å². The molecule has 9 heteroatoms. The minimum atomic E-state index is -1.99. The van der Waals surface area contributed by atoms with Crippen LogP contribution in [0.3, 0.4) is 0 Å². The zero-order chi connectivity index (χ0) is 26.2. The Balaban J connectivity index is 1.97. The summed E-state index contributed by atoms with van der Waals surface area (Å²) in [5, 5.41) is 1.18. The van der Waals surface area contributed by atoms with Gasteiger partial charge in [0.15, 0.2) is 8.32 Å². The number of fused-ring (bicyclic) bond motifs is 1. The lowest BCUT2D eigenvalue weighted by Crippen LogP contribution is -2.43. The molecule has 0 bridgehead atoms. The van der Waals surface area contributed by atoms with Crippen molar-refractivity contribution in [1.82, 2.24) is 14.5 Å². The van der Waals surface area contributed by atoms with Crippen molar-refractivity contribution in [2.75, 3.05) is 18.1 Å². The van der Waals surface area contributed by atoms with Crippen LogP contribution in [0.1, 0.15) is 51.9 Å². The van der Waals surface area contributed by atoms with Gasteiger partial charge >= 0.3 is 0 Å². The Bertz CT molecular complexity index is 1190. The fourth-order valence-corrected chi connectivity index (χ4v) is 5.13. The molecule has 0 N–H and O–H groups in total. The topological polar surface area (TPSA) is 60.2 Å². The first-order valence-corrected chi connectivity index (χ1v) is 15.5. The van der Waals surface area contributed by atoms with Crippen molar-refractivity contribution >= 4 is 54.0 Å². The van der Waals surface area contributed by atoms with E-state index in [9.17, 15) is 4.79 Å². The van der Waals surface area contributed by atoms with Crippen LogP contribution in [0.5, 0.6) is 0 Å². The van der Waals surface area contributed by atoms with Crippen LogP contribution in [-0.4, -0.2) is 41.9 Å². The van der Waals surface area contributed by atoms with Gasteiger partial charge in [0.05, 0.1) is 6.61 Å². The van der Waals surface area contributed by atoms with E-state index in [2.05, 4.69) is 87.5 Å². The van der Waals surface area contributed by atoms with Gasteiger partial charge in [0.25, 0.3) is 5.91 Å². The lowest BCUT2D eigenvalue weighted by atomic mass is 9.97. The Morgan fingerprint density at radius 3 is 2.26 bits per heavy atom. The molecule has 2 heterocycles. The number of aromatic nitrogens is 3. The number of halogens is 2. The number of nitrogens with zero attached hydrogens (tertiary/aromatic N) is 4. The molecule has 1 aromatic carbocycles. The molecule has 0 aliphatic carbocycles. The van der Waals surface area contributed by atoms with Crippen LogP contribution in [0.4, 0.5) is 5.69 Å². The predicted molar refractivity (Wildman–Crippen MR) is 148 cm³/mol. The van der Waals surface area contributed by atoms with Crippen molar-refractivity contribution in [2.24, 2.45) is 5.41 Å². The minimum Gasteiger partial charge on any atom is -0.415 e. The normalized spacial score (nSPS) is 12.9. The van der Waals surface area contributed by atoms with Gasteiger partial charge in [0.2, 0.25) is 0 Å². The molecular weight excluding hydrogens is 499 g/mol. The highest BCUT2D eigenvalue weighted by Gasteiger charge is 2.37. The summed E-state index contributed by atoms with van der Waals surface area (Å²) < 4.78 is 8.62. The first kappa shape index (κ1) is 27.7. The maximum atomic E-state index is 13.7. The highest BCUT2D eigenvalue weighted by Crippen LogP contribution is 2.36. The Kier molecular flexibility index (Phi) is 8.06. The molecule has 0 aliphatic heterocycles. The molecule has 0 unspecified atom stereocenters. The van der Waals surface area contributed by atoms with E-state index in [1.807, 2.05) is 12.1 Å². The van der Waals surface area contributed by atoms with E-state index in [0.29, 0.717) is 13.2 Å². The molecular formula is C26H36Cl2N4O2Si. The summed E-state index contributed by atoms with van der Waals surface area (Å²) in [7, 11) is -1.99. The fourth-order valence-electron chi connectivity index (χ4n) is 3.62. The van der Waals surface area contributed by atoms with Crippen molar-refractivity contribution in [1.29, 1.82) is 0 Å². The van der Waals surface area contributed by atoms with Gasteiger partial charge in [-0.15, -0.1) is 0 Å². The Labute approximate surface area is 219 Å². The van der Waals surface area contributed by atoms with E-state index in [1.54, 1.807) is 4.90 Å². The number of hydrogen-bond donors (Lipinski definition) is 0. The molecule has 0 aliphatic rings. The van der Waals surface area contributed by atoms with Crippen LogP contribution in [0.15, 0.2) is 36.8 Å². The summed E-state index contributed by atoms with van der Waals surface area (Å²) >= 11 is 12.5. The number of benzene rings is 1. The van der Waals surface area contributed by atoms with Crippen LogP contribution in [-0.2, 0) is 11.0 Å². The SMILES string of the molecule is CC(C)(C)Cn1ccc2cc(N(CCO[Si](C)(C)C(C)(C)C)C(=O)c3c(Cl)ncnc3Cl)ccc21. The van der Waals surface area contributed by atoms with Crippen molar-refractivity contribution < 1.29 is 9.22 Å². The van der Waals surface area contributed by atoms with E-state index in [1.165, 1.54) is 6.33 Å². The van der Waals surface area contributed by atoms with Gasteiger partial charge in [0.1, 0.15) is 22.2 Å². The third-order valence-corrected chi connectivity index (χ3v) is 11.6. The molecule has 2 aromatic heterocycles. The highest BCUT2D eigenvalue weighted by atomic mass is 35.5. The summed E-state index contributed by atoms with van der Waals surface area (Å²) in [6.45, 7) is 19.3. The second-order valence-electron chi connectivity index (χ2n) is 11.6. The molecule has 3 aromatic rings. The van der Waals surface area contributed by atoms with Gasteiger partial charge in [-0.05, 0) is 47.8 Å². The molecule has 1 amide bonds. The van der Waals surface area contributed by atoms with Crippen LogP contribution in [0.25, 0.3) is 10.9 Å². The minimum absolute atomic E-state index is 0.0303. The fraction of sp³-hybridized carbons (Fsp3) is 0.500. The Morgan fingerprint density at radius 1 is 1.06 bits per heavy atom. The maximum absolute atomic E-state index is 13.7. The van der Waals surface area contributed by atoms with E-state index in [0.717, 1.165) is 23.1 Å². The molecule has 0 atom stereocenters. The summed E-state index contributed by atoms with van der Waals surface area (Å²) in [5.41, 5.74) is 2.10. The highest BCUT2D eigenvalue weighted by molar-refractivity contribution is 6.74. The third kappa shape index (κ3) is 6.44. The van der Waals surface area contributed by atoms with E-state index >= 15 is 0 Å². The molecule has 6 nitrogen and oxygen atoms in total. The number of anilines is 1. The third-order valence-electron chi connectivity index (χ3n) is 6.51. The van der Waals surface area contributed by atoms with Crippen LogP contribution in [0.2, 0.25) is 28.4 Å². The quantitative estimate of drug-likeness (QED) is 0.233. The molecule has 3 rings (SSSR count). The lowest BCUT2D eigenvalue weighted by Gasteiger charge is -2.37. The van der Waals surface area contributed by atoms with Crippen molar-refractivity contribution in [3.05, 3.63) is 52.7 Å². The van der Waals surface area contributed by atoms with Crippen molar-refractivity contribution in [3.63, 3.8) is 0 Å². The maximum Gasteiger partial charge on any atom is 0.264 e. The second kappa shape index (κ2) is 10.2. The summed E-state index contributed by atoms with van der Waals surface area (Å²) in [6.07, 6.45) is 3.33. The zero-order valence-electron chi connectivity index (χ0n) is 21.9. The van der Waals surface area contributed by atoms with Crippen LogP contribution < -0.4 is 4.90 Å². The average molecular weight is 536 g/mol. The van der Waals surface area contributed by atoms with Crippen molar-refractivity contribution in [3.8, 4) is 0 Å². The number of carbonyl (C=O) groups is 1. The van der Waals surface area contributed by atoms with E-state index < -0.39 is 8.32 Å². The smallest absolute Gasteiger partial charge is 0.264 e. The summed E-state index contributed by atoms with van der Waals surface area (Å²) in [5.74, 6) is -0.354. The van der Waals surface area contributed by atoms with Gasteiger partial charge in [0, 0.05) is 35.9 Å². The molecule has 0 saturated carbocycles. The van der Waals surface area contributed by atoms with Crippen LogP contribution >= 0.6 is 23.2 Å². The van der Waals surface area contributed by atoms with Gasteiger partial charge in [-0.3, -0.25) is 4.79 Å². The first-order chi connectivity index (χ1) is 16.1. The number of rotatable bonds is 7. The summed E-state index contributed by atoms with van der Waals surface area (Å²) in [4.78, 5) is 23.3. The number of hydrogen-bond acceptors (Lipinski definition) is 4. The lowest BCUT2D eigenvalue weighted by molar-refractivity contribution is 0.0981. The standard InChI is InChI=1S/C26H36Cl2N4O2Si/c1-25(2,3)16-31-12-11-18-15-19(9-10-20(18)31)32(13-14-34-35(7,8)26(4,5)6)24(33)21-22(27)29-17-30-23(21)28/h9-12,15,17H,13-14,16H2,1-8H3. The van der Waals surface area contributed by atoms with Crippen molar-refractivity contribution in [2.45, 2.75) is 66.2 Å². The molecule has 0 radical (unpaired) electrons. The monoisotopic (exact) mass is 534 g/mol. The molecule has 0 spiro atoms. The molecule has 35 heavy (non-hydrogen) atoms. The van der Waals surface area contributed by atoms with E-state index in [-0.39, 0.29) is 32.2 Å². The predicted octanol–water partition coefficient (Wildman–Crippen LogP) is 7.45. The molecule has 190 valence electrons. The number of carbonyl (C=O) groups excluding carboxylic acids is 1. The largest absolute Gasteiger partial charge is 0.415 e. The summed E-state index contributed by atoms with van der Waals surface area (Å²) in [6, 6.07) is 8.10. The Hall–Kier alpha value is -1.93. The molecule has 0 fully saturated rings. The van der Waals surface area contributed by atoms with E-state index in [4.69, 9.17) is 27.6 Å². The van der Waals surface area contributed by atoms with Gasteiger partial charge in [-0.25, -0.2) is 9.97 Å². The first-order valence-electron chi connectivity index (χ1n) is 11.8. The second-order valence-corrected chi connectivity index (χ2v) is 17.2. The zero-order valence-corrected chi connectivity index (χ0v) is 24.5. The Morgan fingerprint density at radius 2 is 1.69 bits per heavy atom. The van der Waals surface area contributed by atoms with Crippen LogP contribution in [0, 0.1) is 5.41 Å². The van der Waals surface area contributed by atoms with Gasteiger partial charge in [-0.1, -0.05) is 64.7 Å². The van der Waals surface area contributed by atoms with Gasteiger partial charge < -0.3 is 13.9 Å². The molecule has 0 saturated heterocycles. The average Bonchev–Trinajstić information content (AvgIpc) is 3.10.